The maximum Gasteiger partial charge on any atom is 0.417 e. The van der Waals surface area contributed by atoms with E-state index in [-0.39, 0.29) is 0 Å². The normalized spacial score (nSPS) is 19.9. The Morgan fingerprint density at radius 2 is 1.85 bits per heavy atom. The Morgan fingerprint density at radius 3 is 2.42 bits per heavy atom. The molecule has 1 aliphatic heterocycles. The summed E-state index contributed by atoms with van der Waals surface area (Å²) in [5, 5.41) is 10.6. The molecule has 1 saturated carbocycles. The highest BCUT2D eigenvalue weighted by molar-refractivity contribution is 7.99. The summed E-state index contributed by atoms with van der Waals surface area (Å²) in [6.07, 6.45) is 2.67. The first-order valence-corrected chi connectivity index (χ1v) is 12.2. The first-order valence-electron chi connectivity index (χ1n) is 11.2. The topological polar surface area (TPSA) is 61.1 Å². The van der Waals surface area contributed by atoms with Gasteiger partial charge in [-0.2, -0.15) is 13.2 Å². The van der Waals surface area contributed by atoms with Gasteiger partial charge in [-0.15, -0.1) is 11.8 Å². The zero-order valence-electron chi connectivity index (χ0n) is 19.0. The van der Waals surface area contributed by atoms with E-state index in [4.69, 9.17) is 5.41 Å². The second-order valence-electron chi connectivity index (χ2n) is 7.63. The van der Waals surface area contributed by atoms with E-state index in [1.807, 2.05) is 26.8 Å². The van der Waals surface area contributed by atoms with E-state index in [0.29, 0.717) is 11.7 Å². The van der Waals surface area contributed by atoms with E-state index < -0.39 is 23.8 Å². The molecular weight excluding hydrogens is 445 g/mol. The Hall–Kier alpha value is -2.61. The predicted octanol–water partition coefficient (Wildman–Crippen LogP) is 7.14. The molecule has 8 heteroatoms. The minimum atomic E-state index is -4.48. The van der Waals surface area contributed by atoms with Crippen molar-refractivity contribution in [2.45, 2.75) is 62.7 Å². The van der Waals surface area contributed by atoms with Crippen LogP contribution in [0.5, 0.6) is 0 Å². The van der Waals surface area contributed by atoms with Crippen LogP contribution in [0.15, 0.2) is 58.1 Å². The third-order valence-electron chi connectivity index (χ3n) is 5.36. The number of hydrogen-bond acceptors (Lipinski definition) is 5. The van der Waals surface area contributed by atoms with Crippen LogP contribution >= 0.6 is 11.8 Å². The average molecular weight is 475 g/mol. The monoisotopic (exact) mass is 474 g/mol. The van der Waals surface area contributed by atoms with E-state index in [1.165, 1.54) is 18.4 Å². The standard InChI is InChI=1S/C23H23F3N4S.C2H6/c1-2-31-21-9-17(16-7-5-15(6-8-16)14-3-4-14)12-29-22(21)30-19-10-18(23(24,25)26)13-28-20(19)11-27;1-2/h5-14,19-20,27H,2-4H2,1H3,(H,29,30);1-2H3. The number of benzene rings is 1. The van der Waals surface area contributed by atoms with E-state index in [1.54, 1.807) is 18.0 Å². The quantitative estimate of drug-likeness (QED) is 0.331. The summed E-state index contributed by atoms with van der Waals surface area (Å²) >= 11 is 1.57. The van der Waals surface area contributed by atoms with Gasteiger partial charge in [0.25, 0.3) is 0 Å². The number of aliphatic imine (C=N–C) groups is 1. The summed E-state index contributed by atoms with van der Waals surface area (Å²) in [6.45, 7) is 6.01. The van der Waals surface area contributed by atoms with Gasteiger partial charge in [0.2, 0.25) is 0 Å². The summed E-state index contributed by atoms with van der Waals surface area (Å²) in [7, 11) is 0. The molecule has 0 bridgehead atoms. The summed E-state index contributed by atoms with van der Waals surface area (Å²) in [5.74, 6) is 1.98. The molecule has 33 heavy (non-hydrogen) atoms. The van der Waals surface area contributed by atoms with Gasteiger partial charge < -0.3 is 10.7 Å². The van der Waals surface area contributed by atoms with Crippen LogP contribution < -0.4 is 5.32 Å². The Kier molecular flexibility index (Phi) is 8.35. The summed E-state index contributed by atoms with van der Waals surface area (Å²) in [6, 6.07) is 8.99. The van der Waals surface area contributed by atoms with E-state index >= 15 is 0 Å². The van der Waals surface area contributed by atoms with E-state index in [2.05, 4.69) is 39.6 Å². The summed E-state index contributed by atoms with van der Waals surface area (Å²) in [4.78, 5) is 9.27. The molecule has 0 spiro atoms. The minimum Gasteiger partial charge on any atom is -0.360 e. The molecule has 1 aromatic carbocycles. The van der Waals surface area contributed by atoms with Crippen molar-refractivity contribution in [1.29, 1.82) is 5.41 Å². The van der Waals surface area contributed by atoms with Crippen LogP contribution in [0.4, 0.5) is 19.0 Å². The number of rotatable bonds is 7. The van der Waals surface area contributed by atoms with Crippen molar-refractivity contribution in [2.24, 2.45) is 4.99 Å². The van der Waals surface area contributed by atoms with Crippen molar-refractivity contribution in [3.63, 3.8) is 0 Å². The first kappa shape index (κ1) is 25.0. The lowest BCUT2D eigenvalue weighted by Crippen LogP contribution is -2.36. The van der Waals surface area contributed by atoms with Crippen molar-refractivity contribution in [1.82, 2.24) is 4.98 Å². The van der Waals surface area contributed by atoms with Gasteiger partial charge >= 0.3 is 6.18 Å². The second-order valence-corrected chi connectivity index (χ2v) is 8.93. The molecule has 2 heterocycles. The summed E-state index contributed by atoms with van der Waals surface area (Å²) in [5.41, 5.74) is 2.56. The lowest BCUT2D eigenvalue weighted by Gasteiger charge is -2.25. The van der Waals surface area contributed by atoms with Crippen LogP contribution in [0.2, 0.25) is 0 Å². The fraction of sp³-hybridized carbons (Fsp3) is 0.400. The highest BCUT2D eigenvalue weighted by Gasteiger charge is 2.36. The molecule has 0 amide bonds. The lowest BCUT2D eigenvalue weighted by atomic mass is 10.0. The van der Waals surface area contributed by atoms with Crippen LogP contribution in [-0.2, 0) is 0 Å². The zero-order valence-corrected chi connectivity index (χ0v) is 19.8. The number of thioether (sulfide) groups is 1. The number of anilines is 1. The molecule has 2 aromatic rings. The van der Waals surface area contributed by atoms with Gasteiger partial charge in [-0.1, -0.05) is 45.0 Å². The molecule has 2 atom stereocenters. The third-order valence-corrected chi connectivity index (χ3v) is 6.27. The van der Waals surface area contributed by atoms with Gasteiger partial charge in [-0.3, -0.25) is 4.99 Å². The molecule has 2 aliphatic rings. The molecule has 2 N–H and O–H groups in total. The fourth-order valence-electron chi connectivity index (χ4n) is 3.53. The highest BCUT2D eigenvalue weighted by atomic mass is 32.2. The Labute approximate surface area is 197 Å². The maximum absolute atomic E-state index is 13.1. The van der Waals surface area contributed by atoms with Crippen LogP contribution in [0.3, 0.4) is 0 Å². The fourth-order valence-corrected chi connectivity index (χ4v) is 4.30. The van der Waals surface area contributed by atoms with Crippen LogP contribution in [-0.4, -0.2) is 41.4 Å². The van der Waals surface area contributed by atoms with Crippen LogP contribution in [0.1, 0.15) is 45.1 Å². The zero-order chi connectivity index (χ0) is 24.0. The number of dihydropyridines is 1. The van der Waals surface area contributed by atoms with E-state index in [9.17, 15) is 13.2 Å². The van der Waals surface area contributed by atoms with Gasteiger partial charge in [0.15, 0.2) is 0 Å². The van der Waals surface area contributed by atoms with Gasteiger partial charge in [-0.25, -0.2) is 4.98 Å². The van der Waals surface area contributed by atoms with E-state index in [0.717, 1.165) is 40.3 Å². The molecule has 176 valence electrons. The Balaban J connectivity index is 0.00000149. The second kappa shape index (κ2) is 11.0. The number of nitrogens with zero attached hydrogens (tertiary/aromatic N) is 2. The number of halogens is 3. The Morgan fingerprint density at radius 1 is 1.15 bits per heavy atom. The largest absolute Gasteiger partial charge is 0.417 e. The molecule has 0 saturated heterocycles. The van der Waals surface area contributed by atoms with Gasteiger partial charge in [0.1, 0.15) is 11.9 Å². The number of pyridine rings is 1. The highest BCUT2D eigenvalue weighted by Crippen LogP contribution is 2.40. The number of aromatic nitrogens is 1. The van der Waals surface area contributed by atoms with Crippen molar-refractivity contribution in [3.05, 3.63) is 53.7 Å². The third kappa shape index (κ3) is 6.25. The molecule has 4 nitrogen and oxygen atoms in total. The Bertz CT molecular complexity index is 1010. The molecule has 1 aromatic heterocycles. The van der Waals surface area contributed by atoms with Gasteiger partial charge in [0.05, 0.1) is 16.5 Å². The average Bonchev–Trinajstić information content (AvgIpc) is 3.67. The smallest absolute Gasteiger partial charge is 0.360 e. The van der Waals surface area contributed by atoms with Gasteiger partial charge in [-0.05, 0) is 47.8 Å². The van der Waals surface area contributed by atoms with Crippen molar-refractivity contribution in [2.75, 3.05) is 11.1 Å². The molecule has 0 radical (unpaired) electrons. The number of hydrogen-bond donors (Lipinski definition) is 2. The SMILES string of the molecule is CC.CCSc1cc(-c2ccc(C3CC3)cc2)cnc1NC1C=C(C(F)(F)F)C=NC1C=N. The van der Waals surface area contributed by atoms with Crippen LogP contribution in [0.25, 0.3) is 11.1 Å². The molecule has 1 aliphatic carbocycles. The van der Waals surface area contributed by atoms with Crippen molar-refractivity contribution >= 4 is 30.0 Å². The predicted molar refractivity (Wildman–Crippen MR) is 132 cm³/mol. The maximum atomic E-state index is 13.1. The minimum absolute atomic E-state index is 0.497. The molecule has 2 unspecified atom stereocenters. The number of alkyl halides is 3. The molecular formula is C25H29F3N4S. The first-order chi connectivity index (χ1) is 15.9. The van der Waals surface area contributed by atoms with Gasteiger partial charge in [0, 0.05) is 24.2 Å². The van der Waals surface area contributed by atoms with Crippen molar-refractivity contribution in [3.8, 4) is 11.1 Å². The lowest BCUT2D eigenvalue weighted by molar-refractivity contribution is -0.0860. The van der Waals surface area contributed by atoms with Crippen LogP contribution in [0, 0.1) is 5.41 Å². The number of nitrogens with one attached hydrogen (secondary N) is 2. The summed E-state index contributed by atoms with van der Waals surface area (Å²) < 4.78 is 39.4. The molecule has 1 fully saturated rings. The van der Waals surface area contributed by atoms with Crippen molar-refractivity contribution < 1.29 is 13.2 Å². The molecule has 4 rings (SSSR count). The number of allylic oxidation sites excluding steroid dienone is 1.